The molecule has 1 N–H and O–H groups in total. The van der Waals surface area contributed by atoms with Gasteiger partial charge in [-0.2, -0.15) is 0 Å². The number of pyridine rings is 1. The molecule has 0 bridgehead atoms. The zero-order chi connectivity index (χ0) is 11.2. The molecular formula is C11H14N2O3. The van der Waals surface area contributed by atoms with Crippen LogP contribution in [0.25, 0.3) is 0 Å². The highest BCUT2D eigenvalue weighted by Crippen LogP contribution is 2.12. The van der Waals surface area contributed by atoms with Crippen LogP contribution in [-0.4, -0.2) is 30.4 Å². The summed E-state index contributed by atoms with van der Waals surface area (Å²) >= 11 is 0. The first-order chi connectivity index (χ1) is 7.84. The Kier molecular flexibility index (Phi) is 3.71. The van der Waals surface area contributed by atoms with E-state index < -0.39 is 6.09 Å². The smallest absolute Gasteiger partial charge is 0.411 e. The van der Waals surface area contributed by atoms with Gasteiger partial charge in [-0.3, -0.25) is 10.3 Å². The highest BCUT2D eigenvalue weighted by Gasteiger charge is 2.17. The van der Waals surface area contributed by atoms with Crippen molar-refractivity contribution in [1.29, 1.82) is 0 Å². The third-order valence-corrected chi connectivity index (χ3v) is 2.35. The Morgan fingerprint density at radius 1 is 1.56 bits per heavy atom. The second-order valence-corrected chi connectivity index (χ2v) is 3.59. The molecule has 1 aromatic heterocycles. The number of carbonyl (C=O) groups is 1. The van der Waals surface area contributed by atoms with Crippen molar-refractivity contribution in [2.75, 3.05) is 18.5 Å². The summed E-state index contributed by atoms with van der Waals surface area (Å²) in [6, 6.07) is 3.40. The summed E-state index contributed by atoms with van der Waals surface area (Å²) in [7, 11) is 0. The molecule has 16 heavy (non-hydrogen) atoms. The van der Waals surface area contributed by atoms with E-state index in [4.69, 9.17) is 9.47 Å². The molecule has 2 heterocycles. The first-order valence-electron chi connectivity index (χ1n) is 5.30. The second-order valence-electron chi connectivity index (χ2n) is 3.59. The lowest BCUT2D eigenvalue weighted by Gasteiger charge is -2.10. The predicted molar refractivity (Wildman–Crippen MR) is 58.2 cm³/mol. The lowest BCUT2D eigenvalue weighted by Crippen LogP contribution is -2.21. The van der Waals surface area contributed by atoms with Crippen molar-refractivity contribution >= 4 is 11.8 Å². The van der Waals surface area contributed by atoms with Crippen LogP contribution in [0.5, 0.6) is 0 Å². The van der Waals surface area contributed by atoms with Crippen molar-refractivity contribution in [3.8, 4) is 0 Å². The van der Waals surface area contributed by atoms with E-state index in [0.29, 0.717) is 12.3 Å². The molecule has 1 aliphatic heterocycles. The van der Waals surface area contributed by atoms with Gasteiger partial charge in [0.2, 0.25) is 0 Å². The number of aromatic nitrogens is 1. The average Bonchev–Trinajstić information content (AvgIpc) is 2.81. The topological polar surface area (TPSA) is 60.5 Å². The molecule has 5 nitrogen and oxygen atoms in total. The summed E-state index contributed by atoms with van der Waals surface area (Å²) in [5.41, 5.74) is 0.673. The first kappa shape index (κ1) is 10.9. The first-order valence-corrected chi connectivity index (χ1v) is 5.30. The number of nitrogens with zero attached hydrogens (tertiary/aromatic N) is 1. The Labute approximate surface area is 93.8 Å². The number of carbonyl (C=O) groups excluding carboxylic acids is 1. The molecule has 1 amide bonds. The fourth-order valence-electron chi connectivity index (χ4n) is 1.53. The van der Waals surface area contributed by atoms with E-state index in [9.17, 15) is 4.79 Å². The molecule has 0 aromatic carbocycles. The normalized spacial score (nSPS) is 19.4. The summed E-state index contributed by atoms with van der Waals surface area (Å²) in [6.07, 6.45) is 4.82. The fraction of sp³-hybridized carbons (Fsp3) is 0.455. The van der Waals surface area contributed by atoms with Gasteiger partial charge in [-0.05, 0) is 25.0 Å². The quantitative estimate of drug-likeness (QED) is 0.847. The largest absolute Gasteiger partial charge is 0.447 e. The number of ether oxygens (including phenoxy) is 2. The van der Waals surface area contributed by atoms with Gasteiger partial charge in [-0.25, -0.2) is 4.79 Å². The summed E-state index contributed by atoms with van der Waals surface area (Å²) < 4.78 is 10.4. The number of hydrogen-bond acceptors (Lipinski definition) is 4. The molecule has 1 unspecified atom stereocenters. The van der Waals surface area contributed by atoms with Crippen molar-refractivity contribution in [2.45, 2.75) is 18.9 Å². The molecule has 2 rings (SSSR count). The van der Waals surface area contributed by atoms with Crippen molar-refractivity contribution in [1.82, 2.24) is 4.98 Å². The predicted octanol–water partition coefficient (Wildman–Crippen LogP) is 1.81. The van der Waals surface area contributed by atoms with Crippen LogP contribution < -0.4 is 5.32 Å². The lowest BCUT2D eigenvalue weighted by atomic mass is 10.2. The van der Waals surface area contributed by atoms with E-state index >= 15 is 0 Å². The molecule has 1 fully saturated rings. The van der Waals surface area contributed by atoms with Gasteiger partial charge in [0.05, 0.1) is 6.10 Å². The molecule has 1 aromatic rings. The summed E-state index contributed by atoms with van der Waals surface area (Å²) in [5, 5.41) is 2.61. The monoisotopic (exact) mass is 222 g/mol. The average molecular weight is 222 g/mol. The lowest BCUT2D eigenvalue weighted by molar-refractivity contribution is 0.0484. The van der Waals surface area contributed by atoms with Crippen LogP contribution >= 0.6 is 0 Å². The highest BCUT2D eigenvalue weighted by molar-refractivity contribution is 5.84. The van der Waals surface area contributed by atoms with Crippen LogP contribution in [0.4, 0.5) is 10.5 Å². The maximum Gasteiger partial charge on any atom is 0.411 e. The van der Waals surface area contributed by atoms with Crippen molar-refractivity contribution in [3.05, 3.63) is 24.5 Å². The molecule has 0 aliphatic carbocycles. The van der Waals surface area contributed by atoms with E-state index in [1.165, 1.54) is 0 Å². The minimum absolute atomic E-state index is 0.0585. The molecule has 0 spiro atoms. The maximum absolute atomic E-state index is 11.4. The van der Waals surface area contributed by atoms with Gasteiger partial charge < -0.3 is 9.47 Å². The maximum atomic E-state index is 11.4. The summed E-state index contributed by atoms with van der Waals surface area (Å²) in [6.45, 7) is 1.08. The number of amides is 1. The SMILES string of the molecule is O=C(Nc1ccncc1)OCC1CCCO1. The van der Waals surface area contributed by atoms with Gasteiger partial charge >= 0.3 is 6.09 Å². The Hall–Kier alpha value is -1.62. The Balaban J connectivity index is 1.72. The van der Waals surface area contributed by atoms with Gasteiger partial charge in [-0.15, -0.1) is 0 Å². The zero-order valence-corrected chi connectivity index (χ0v) is 8.89. The van der Waals surface area contributed by atoms with Crippen LogP contribution in [0.3, 0.4) is 0 Å². The Morgan fingerprint density at radius 2 is 2.38 bits per heavy atom. The minimum atomic E-state index is -0.457. The van der Waals surface area contributed by atoms with E-state index in [2.05, 4.69) is 10.3 Å². The standard InChI is InChI=1S/C11H14N2O3/c14-11(13-9-3-5-12-6-4-9)16-8-10-2-1-7-15-10/h3-6,10H,1-2,7-8H2,(H,12,13,14). The Morgan fingerprint density at radius 3 is 3.06 bits per heavy atom. The van der Waals surface area contributed by atoms with E-state index in [-0.39, 0.29) is 6.10 Å². The van der Waals surface area contributed by atoms with Crippen molar-refractivity contribution in [2.24, 2.45) is 0 Å². The number of hydrogen-bond donors (Lipinski definition) is 1. The second kappa shape index (κ2) is 5.46. The molecule has 86 valence electrons. The molecule has 0 radical (unpaired) electrons. The molecule has 5 heteroatoms. The van der Waals surface area contributed by atoms with E-state index in [0.717, 1.165) is 19.4 Å². The van der Waals surface area contributed by atoms with Crippen LogP contribution in [0.2, 0.25) is 0 Å². The molecular weight excluding hydrogens is 208 g/mol. The minimum Gasteiger partial charge on any atom is -0.447 e. The van der Waals surface area contributed by atoms with Gasteiger partial charge in [0, 0.05) is 24.7 Å². The van der Waals surface area contributed by atoms with Crippen LogP contribution in [0.15, 0.2) is 24.5 Å². The van der Waals surface area contributed by atoms with Crippen molar-refractivity contribution < 1.29 is 14.3 Å². The highest BCUT2D eigenvalue weighted by atomic mass is 16.6. The molecule has 1 atom stereocenters. The van der Waals surface area contributed by atoms with Gasteiger partial charge in [0.1, 0.15) is 6.61 Å². The van der Waals surface area contributed by atoms with Crippen molar-refractivity contribution in [3.63, 3.8) is 0 Å². The number of rotatable bonds is 3. The van der Waals surface area contributed by atoms with E-state index in [1.54, 1.807) is 24.5 Å². The summed E-state index contributed by atoms with van der Waals surface area (Å²) in [4.78, 5) is 15.2. The zero-order valence-electron chi connectivity index (χ0n) is 8.89. The molecule has 0 saturated carbocycles. The number of anilines is 1. The third-order valence-electron chi connectivity index (χ3n) is 2.35. The van der Waals surface area contributed by atoms with Crippen LogP contribution in [0, 0.1) is 0 Å². The van der Waals surface area contributed by atoms with Crippen LogP contribution in [-0.2, 0) is 9.47 Å². The van der Waals surface area contributed by atoms with Crippen LogP contribution in [0.1, 0.15) is 12.8 Å². The molecule has 1 aliphatic rings. The van der Waals surface area contributed by atoms with Gasteiger partial charge in [0.25, 0.3) is 0 Å². The van der Waals surface area contributed by atoms with Gasteiger partial charge in [-0.1, -0.05) is 0 Å². The fourth-order valence-corrected chi connectivity index (χ4v) is 1.53. The van der Waals surface area contributed by atoms with E-state index in [1.807, 2.05) is 0 Å². The molecule has 1 saturated heterocycles. The Bertz CT molecular complexity index is 336. The summed E-state index contributed by atoms with van der Waals surface area (Å²) in [5.74, 6) is 0. The van der Waals surface area contributed by atoms with Gasteiger partial charge in [0.15, 0.2) is 0 Å². The number of nitrogens with one attached hydrogen (secondary N) is 1. The third kappa shape index (κ3) is 3.20.